The Morgan fingerprint density at radius 3 is 1.32 bits per heavy atom. The molecule has 0 saturated carbocycles. The zero-order chi connectivity index (χ0) is 20.9. The summed E-state index contributed by atoms with van der Waals surface area (Å²) < 4.78 is 81.7. The molecule has 3 nitrogen and oxygen atoms in total. The van der Waals surface area contributed by atoms with Crippen LogP contribution in [0.3, 0.4) is 0 Å². The molecule has 0 atom stereocenters. The van der Waals surface area contributed by atoms with Gasteiger partial charge in [0.2, 0.25) is 0 Å². The van der Waals surface area contributed by atoms with Gasteiger partial charge in [0.05, 0.1) is 8.07 Å². The van der Waals surface area contributed by atoms with Gasteiger partial charge in [0.15, 0.2) is 0 Å². The third-order valence-corrected chi connectivity index (χ3v) is 4.05. The molecule has 147 valence electrons. The second kappa shape index (κ2) is 12.7. The smallest absolute Gasteiger partial charge is 0 e. The molecule has 0 aliphatic heterocycles. The van der Waals surface area contributed by atoms with Gasteiger partial charge in [-0.05, 0) is 12.3 Å². The average Bonchev–Trinajstić information content (AvgIpc) is 2.41. The van der Waals surface area contributed by atoms with Gasteiger partial charge in [0.25, 0.3) is 0 Å². The molecule has 1 rings (SSSR count). The molecule has 0 N–H and O–H groups in total. The summed E-state index contributed by atoms with van der Waals surface area (Å²) in [7, 11) is -11.7. The van der Waals surface area contributed by atoms with E-state index < -0.39 is 15.9 Å². The first kappa shape index (κ1) is 35.5. The Morgan fingerprint density at radius 1 is 0.880 bits per heavy atom. The van der Waals surface area contributed by atoms with Crippen molar-refractivity contribution in [3.8, 4) is 0 Å². The van der Waals surface area contributed by atoms with Crippen LogP contribution in [-0.2, 0) is 31.0 Å². The molecule has 0 fully saturated rings. The maximum Gasteiger partial charge on any atom is 0 e. The summed E-state index contributed by atoms with van der Waals surface area (Å²) in [4.78, 5) is 0. The fourth-order valence-electron chi connectivity index (χ4n) is 1.21. The summed E-state index contributed by atoms with van der Waals surface area (Å²) in [6.45, 7) is 22.9. The summed E-state index contributed by atoms with van der Waals surface area (Å²) in [5.41, 5.74) is 0. The van der Waals surface area contributed by atoms with Crippen molar-refractivity contribution >= 4 is 15.9 Å². The van der Waals surface area contributed by atoms with Crippen LogP contribution in [0.15, 0.2) is 23.4 Å². The number of rotatable bonds is 1. The molecular formula is C13H17F6FeO3PSi-. The first-order valence-electron chi connectivity index (χ1n) is 5.84. The van der Waals surface area contributed by atoms with Crippen molar-refractivity contribution in [2.45, 2.75) is 33.0 Å². The monoisotopic (exact) mass is 450 g/mol. The largest absolute Gasteiger partial charge is 0 e. The van der Waals surface area contributed by atoms with E-state index in [9.17, 15) is 25.2 Å². The molecule has 0 aromatic heterocycles. The van der Waals surface area contributed by atoms with Crippen LogP contribution in [0.5, 0.6) is 0 Å². The summed E-state index contributed by atoms with van der Waals surface area (Å²) in [5.74, 6) is 1.50. The van der Waals surface area contributed by atoms with Crippen LogP contribution >= 0.6 is 7.81 Å². The molecule has 1 aliphatic carbocycles. The third-order valence-electron chi connectivity index (χ3n) is 2.01. The molecular weight excluding hydrogens is 433 g/mol. The number of allylic oxidation sites excluding steroid dienone is 4. The van der Waals surface area contributed by atoms with E-state index in [1.54, 1.807) is 5.20 Å². The minimum absolute atomic E-state index is 0. The van der Waals surface area contributed by atoms with E-state index in [0.717, 1.165) is 6.42 Å². The zero-order valence-electron chi connectivity index (χ0n) is 13.7. The van der Waals surface area contributed by atoms with E-state index in [1.165, 1.54) is 5.92 Å². The number of hydrogen-bond acceptors (Lipinski definition) is 0. The van der Waals surface area contributed by atoms with Crippen molar-refractivity contribution in [3.63, 3.8) is 0 Å². The van der Waals surface area contributed by atoms with Crippen molar-refractivity contribution < 1.29 is 56.2 Å². The Kier molecular flexibility index (Phi) is 18.1. The summed E-state index contributed by atoms with van der Waals surface area (Å²) in [6.07, 6.45) is 8.10. The molecule has 0 saturated heterocycles. The first-order valence-corrected chi connectivity index (χ1v) is 11.4. The summed E-state index contributed by atoms with van der Waals surface area (Å²) >= 11 is 0. The third kappa shape index (κ3) is 45.2. The van der Waals surface area contributed by atoms with Crippen molar-refractivity contribution in [1.29, 1.82) is 0 Å². The van der Waals surface area contributed by atoms with Crippen LogP contribution in [-0.4, -0.2) is 8.07 Å². The predicted octanol–water partition coefficient (Wildman–Crippen LogP) is 6.61. The Balaban J connectivity index is -0.0000000833. The van der Waals surface area contributed by atoms with Gasteiger partial charge in [-0.15, -0.1) is 0 Å². The molecule has 12 heteroatoms. The topological polar surface area (TPSA) is 59.7 Å². The molecule has 0 aromatic rings. The van der Waals surface area contributed by atoms with Crippen LogP contribution in [0, 0.1) is 25.9 Å². The van der Waals surface area contributed by atoms with E-state index in [4.69, 9.17) is 14.0 Å². The molecule has 25 heavy (non-hydrogen) atoms. The van der Waals surface area contributed by atoms with E-state index in [1.807, 2.05) is 0 Å². The standard InChI is InChI=1S/C10H17Si.3CO.F6P.Fe/c1-9-6-5-7-10(8-9)11(2,3)4;3*1-2;1-7(2,3,4,5)6;/h5,7-8H,6H2,1-4H3;;;;;/q;;;;-1;. The Hall–Kier alpha value is -0.554. The average molecular weight is 450 g/mol. The molecule has 0 aromatic carbocycles. The maximum absolute atomic E-state index is 10.7. The van der Waals surface area contributed by atoms with Crippen LogP contribution in [0.25, 0.3) is 0 Å². The fraction of sp³-hybridized carbons (Fsp3) is 0.385. The maximum atomic E-state index is 9.87. The molecule has 1 aliphatic rings. The molecule has 0 heterocycles. The van der Waals surface area contributed by atoms with Gasteiger partial charge in [-0.2, -0.15) is 0 Å². The zero-order valence-corrected chi connectivity index (χ0v) is 16.7. The Bertz CT molecular complexity index is 463. The van der Waals surface area contributed by atoms with Gasteiger partial charge in [0, 0.05) is 17.1 Å². The molecule has 1 radical (unpaired) electrons. The second-order valence-corrected chi connectivity index (χ2v) is 12.3. The van der Waals surface area contributed by atoms with Crippen molar-refractivity contribution in [2.75, 3.05) is 0 Å². The van der Waals surface area contributed by atoms with E-state index in [2.05, 4.69) is 64.7 Å². The van der Waals surface area contributed by atoms with Crippen LogP contribution in [0.1, 0.15) is 13.3 Å². The van der Waals surface area contributed by atoms with Crippen molar-refractivity contribution in [2.24, 2.45) is 0 Å². The van der Waals surface area contributed by atoms with E-state index in [0.29, 0.717) is 0 Å². The van der Waals surface area contributed by atoms with Gasteiger partial charge >= 0.3 is 66.9 Å². The molecule has 0 amide bonds. The molecule has 0 bridgehead atoms. The van der Waals surface area contributed by atoms with Crippen LogP contribution in [0.2, 0.25) is 19.6 Å². The predicted molar refractivity (Wildman–Crippen MR) is 79.5 cm³/mol. The van der Waals surface area contributed by atoms with Gasteiger partial charge in [-0.1, -0.05) is 50.0 Å². The number of halogens is 6. The SMILES string of the molecule is C[C]1C=C([Si](C)(C)C)C=CC1.F[P-](F)(F)(F)(F)F.[C-]#[O+].[C-]#[O+].[C-]#[O+].[Fe]. The minimum Gasteiger partial charge on any atom is 0 e. The van der Waals surface area contributed by atoms with Gasteiger partial charge in [-0.25, -0.2) is 0 Å². The molecule has 0 spiro atoms. The van der Waals surface area contributed by atoms with Crippen molar-refractivity contribution in [3.05, 3.63) is 49.3 Å². The number of hydrogen-bond donors (Lipinski definition) is 0. The minimum atomic E-state index is -10.7. The first-order chi connectivity index (χ1) is 10.4. The van der Waals surface area contributed by atoms with Crippen molar-refractivity contribution in [1.82, 2.24) is 0 Å². The van der Waals surface area contributed by atoms with Gasteiger partial charge in [-0.3, -0.25) is 0 Å². The normalized spacial score (nSPS) is 15.6. The molecule has 0 unspecified atom stereocenters. The fourth-order valence-corrected chi connectivity index (χ4v) is 2.51. The van der Waals surface area contributed by atoms with Gasteiger partial charge in [0.1, 0.15) is 0 Å². The Labute approximate surface area is 154 Å². The summed E-state index contributed by atoms with van der Waals surface area (Å²) in [5, 5.41) is 1.58. The van der Waals surface area contributed by atoms with Gasteiger partial charge < -0.3 is 0 Å². The second-order valence-electron chi connectivity index (χ2n) is 5.26. The van der Waals surface area contributed by atoms with Crippen LogP contribution in [0.4, 0.5) is 25.2 Å². The quantitative estimate of drug-likeness (QED) is 0.142. The summed E-state index contributed by atoms with van der Waals surface area (Å²) in [6, 6.07) is 0. The van der Waals surface area contributed by atoms with E-state index >= 15 is 0 Å². The van der Waals surface area contributed by atoms with E-state index in [-0.39, 0.29) is 17.1 Å². The Morgan fingerprint density at radius 2 is 1.16 bits per heavy atom. The van der Waals surface area contributed by atoms with Crippen LogP contribution < -0.4 is 0 Å².